The number of benzene rings is 2. The van der Waals surface area contributed by atoms with Crippen LogP contribution in [0.25, 0.3) is 6.08 Å². The third-order valence-electron chi connectivity index (χ3n) is 3.29. The number of fused-ring (bicyclic) bond motifs is 1. The largest absolute Gasteiger partial charge is 0.387 e. The van der Waals surface area contributed by atoms with Crippen LogP contribution in [0.1, 0.15) is 22.8 Å². The molecule has 2 atom stereocenters. The molecule has 0 amide bonds. The van der Waals surface area contributed by atoms with Gasteiger partial charge in [0, 0.05) is 5.56 Å². The van der Waals surface area contributed by atoms with Crippen molar-refractivity contribution in [2.24, 2.45) is 5.92 Å². The van der Waals surface area contributed by atoms with Gasteiger partial charge in [0.1, 0.15) is 0 Å². The summed E-state index contributed by atoms with van der Waals surface area (Å²) in [7, 11) is 0. The summed E-state index contributed by atoms with van der Waals surface area (Å²) in [5, 5.41) is 10.3. The molecule has 92 valence electrons. The molecule has 2 aromatic carbocycles. The van der Waals surface area contributed by atoms with Gasteiger partial charge in [0.05, 0.1) is 12.0 Å². The van der Waals surface area contributed by atoms with E-state index in [4.69, 9.17) is 0 Å². The van der Waals surface area contributed by atoms with E-state index in [1.165, 1.54) is 0 Å². The molecule has 0 radical (unpaired) electrons. The van der Waals surface area contributed by atoms with Crippen LogP contribution in [-0.2, 0) is 0 Å². The van der Waals surface area contributed by atoms with E-state index < -0.39 is 6.10 Å². The lowest BCUT2D eigenvalue weighted by atomic mass is 9.87. The van der Waals surface area contributed by atoms with Gasteiger partial charge in [-0.25, -0.2) is 0 Å². The van der Waals surface area contributed by atoms with E-state index in [9.17, 15) is 5.11 Å². The lowest BCUT2D eigenvalue weighted by Crippen LogP contribution is -2.13. The first kappa shape index (κ1) is 11.8. The minimum atomic E-state index is -0.544. The average Bonchev–Trinajstić information content (AvgIpc) is 2.48. The lowest BCUT2D eigenvalue weighted by Gasteiger charge is -2.21. The molecule has 1 heteroatoms. The van der Waals surface area contributed by atoms with Gasteiger partial charge in [-0.3, -0.25) is 0 Å². The zero-order valence-corrected chi connectivity index (χ0v) is 10.5. The summed E-state index contributed by atoms with van der Waals surface area (Å²) in [6.07, 6.45) is 3.47. The quantitative estimate of drug-likeness (QED) is 0.706. The summed E-state index contributed by atoms with van der Waals surface area (Å²) in [4.78, 5) is 0. The van der Waals surface area contributed by atoms with Crippen molar-refractivity contribution in [2.45, 2.75) is 6.10 Å². The first-order valence-corrected chi connectivity index (χ1v) is 6.36. The van der Waals surface area contributed by atoms with Gasteiger partial charge in [-0.2, -0.15) is 0 Å². The van der Waals surface area contributed by atoms with Crippen LogP contribution in [0.15, 0.2) is 60.7 Å². The summed E-state index contributed by atoms with van der Waals surface area (Å²) in [6, 6.07) is 17.7. The van der Waals surface area contributed by atoms with Gasteiger partial charge in [-0.15, -0.1) is 0 Å². The van der Waals surface area contributed by atoms with Gasteiger partial charge in [0.2, 0.25) is 0 Å². The molecule has 2 aromatic rings. The fourth-order valence-corrected chi connectivity index (χ4v) is 2.25. The van der Waals surface area contributed by atoms with Crippen LogP contribution in [0, 0.1) is 17.8 Å². The minimum absolute atomic E-state index is 0.143. The molecule has 0 spiro atoms. The zero-order chi connectivity index (χ0) is 13.1. The summed E-state index contributed by atoms with van der Waals surface area (Å²) < 4.78 is 0. The first-order chi connectivity index (χ1) is 9.34. The number of rotatable bonds is 0. The number of aliphatic hydroxyl groups is 1. The van der Waals surface area contributed by atoms with Gasteiger partial charge in [0.25, 0.3) is 0 Å². The molecule has 0 aliphatic heterocycles. The van der Waals surface area contributed by atoms with Crippen molar-refractivity contribution in [1.82, 2.24) is 0 Å². The zero-order valence-electron chi connectivity index (χ0n) is 10.5. The molecule has 0 fully saturated rings. The lowest BCUT2D eigenvalue weighted by molar-refractivity contribution is 0.153. The fraction of sp³-hybridized carbons (Fsp3) is 0.111. The Hall–Kier alpha value is -2.30. The average molecular weight is 246 g/mol. The molecule has 1 nitrogen and oxygen atoms in total. The van der Waals surface area contributed by atoms with Gasteiger partial charge < -0.3 is 5.11 Å². The van der Waals surface area contributed by atoms with E-state index in [1.807, 2.05) is 66.7 Å². The molecule has 1 aliphatic rings. The van der Waals surface area contributed by atoms with Crippen LogP contribution < -0.4 is 0 Å². The van der Waals surface area contributed by atoms with E-state index in [0.717, 1.165) is 16.7 Å². The molecule has 0 unspecified atom stereocenters. The van der Waals surface area contributed by atoms with Gasteiger partial charge in [-0.1, -0.05) is 66.5 Å². The Morgan fingerprint density at radius 3 is 2.47 bits per heavy atom. The maximum atomic E-state index is 10.3. The van der Waals surface area contributed by atoms with Crippen molar-refractivity contribution >= 4 is 6.08 Å². The molecular weight excluding hydrogens is 232 g/mol. The Labute approximate surface area is 113 Å². The molecule has 3 rings (SSSR count). The maximum Gasteiger partial charge on any atom is 0.0968 e. The molecule has 0 saturated heterocycles. The third-order valence-corrected chi connectivity index (χ3v) is 3.29. The van der Waals surface area contributed by atoms with Crippen molar-refractivity contribution in [3.8, 4) is 11.8 Å². The molecule has 1 N–H and O–H groups in total. The second-order valence-corrected chi connectivity index (χ2v) is 4.59. The highest BCUT2D eigenvalue weighted by Gasteiger charge is 2.21. The highest BCUT2D eigenvalue weighted by molar-refractivity contribution is 5.59. The normalized spacial score (nSPS) is 20.3. The van der Waals surface area contributed by atoms with Crippen molar-refractivity contribution in [3.63, 3.8) is 0 Å². The van der Waals surface area contributed by atoms with Gasteiger partial charge in [-0.05, 0) is 23.3 Å². The SMILES string of the molecule is O[C@@H]1c2ccccc2C=C[C@@H]1C#Cc1ccccc1. The summed E-state index contributed by atoms with van der Waals surface area (Å²) in [5.74, 6) is 6.11. The summed E-state index contributed by atoms with van der Waals surface area (Å²) in [6.45, 7) is 0. The van der Waals surface area contributed by atoms with Gasteiger partial charge in [0.15, 0.2) is 0 Å². The molecular formula is C18H14O. The van der Waals surface area contributed by atoms with Crippen LogP contribution in [0.5, 0.6) is 0 Å². The van der Waals surface area contributed by atoms with Crippen LogP contribution in [0.4, 0.5) is 0 Å². The predicted molar refractivity (Wildman–Crippen MR) is 77.2 cm³/mol. The van der Waals surface area contributed by atoms with Crippen LogP contribution in [0.3, 0.4) is 0 Å². The van der Waals surface area contributed by atoms with E-state index in [-0.39, 0.29) is 5.92 Å². The van der Waals surface area contributed by atoms with E-state index in [2.05, 4.69) is 11.8 Å². The predicted octanol–water partition coefficient (Wildman–Crippen LogP) is 3.41. The second kappa shape index (κ2) is 5.14. The van der Waals surface area contributed by atoms with Crippen LogP contribution in [-0.4, -0.2) is 5.11 Å². The Balaban J connectivity index is 1.88. The van der Waals surface area contributed by atoms with Crippen LogP contribution in [0.2, 0.25) is 0 Å². The minimum Gasteiger partial charge on any atom is -0.387 e. The highest BCUT2D eigenvalue weighted by Crippen LogP contribution is 2.31. The van der Waals surface area contributed by atoms with E-state index in [0.29, 0.717) is 0 Å². The fourth-order valence-electron chi connectivity index (χ4n) is 2.25. The van der Waals surface area contributed by atoms with Crippen molar-refractivity contribution in [2.75, 3.05) is 0 Å². The highest BCUT2D eigenvalue weighted by atomic mass is 16.3. The van der Waals surface area contributed by atoms with E-state index >= 15 is 0 Å². The Kier molecular flexibility index (Phi) is 3.18. The molecule has 0 heterocycles. The Morgan fingerprint density at radius 1 is 0.895 bits per heavy atom. The number of hydrogen-bond donors (Lipinski definition) is 1. The number of hydrogen-bond acceptors (Lipinski definition) is 1. The summed E-state index contributed by atoms with van der Waals surface area (Å²) in [5.41, 5.74) is 3.01. The van der Waals surface area contributed by atoms with Crippen molar-refractivity contribution in [1.29, 1.82) is 0 Å². The summed E-state index contributed by atoms with van der Waals surface area (Å²) >= 11 is 0. The van der Waals surface area contributed by atoms with E-state index in [1.54, 1.807) is 0 Å². The van der Waals surface area contributed by atoms with Gasteiger partial charge >= 0.3 is 0 Å². The number of aliphatic hydroxyl groups excluding tert-OH is 1. The monoisotopic (exact) mass is 246 g/mol. The van der Waals surface area contributed by atoms with Crippen LogP contribution >= 0.6 is 0 Å². The first-order valence-electron chi connectivity index (χ1n) is 6.36. The Bertz CT molecular complexity index is 659. The molecule has 0 bridgehead atoms. The van der Waals surface area contributed by atoms with Crippen molar-refractivity contribution < 1.29 is 5.11 Å². The molecule has 1 aliphatic carbocycles. The third kappa shape index (κ3) is 2.45. The molecule has 19 heavy (non-hydrogen) atoms. The smallest absolute Gasteiger partial charge is 0.0968 e. The topological polar surface area (TPSA) is 20.2 Å². The van der Waals surface area contributed by atoms with Crippen molar-refractivity contribution in [3.05, 3.63) is 77.4 Å². The molecule has 0 saturated carbocycles. The Morgan fingerprint density at radius 2 is 1.63 bits per heavy atom. The second-order valence-electron chi connectivity index (χ2n) is 4.59. The molecule has 0 aromatic heterocycles. The standard InChI is InChI=1S/C18H14O/c19-18-16(11-10-14-6-2-1-3-7-14)13-12-15-8-4-5-9-17(15)18/h1-9,12-13,16,18-19H/t16-,18-/m0/s1. The maximum absolute atomic E-state index is 10.3.